The minimum Gasteiger partial charge on any atom is -0.396 e. The fourth-order valence-corrected chi connectivity index (χ4v) is 2.13. The first kappa shape index (κ1) is 13.8. The molecule has 2 aromatic rings. The summed E-state index contributed by atoms with van der Waals surface area (Å²) in [4.78, 5) is 0. The molecule has 2 heteroatoms. The van der Waals surface area contributed by atoms with E-state index in [0.29, 0.717) is 0 Å². The highest BCUT2D eigenvalue weighted by atomic mass is 16.3. The van der Waals surface area contributed by atoms with Crippen LogP contribution < -0.4 is 0 Å². The predicted octanol–water partition coefficient (Wildman–Crippen LogP) is 3.33. The Kier molecular flexibility index (Phi) is 4.72. The summed E-state index contributed by atoms with van der Waals surface area (Å²) in [5.41, 5.74) is 4.44. The second-order valence-corrected chi connectivity index (χ2v) is 4.83. The van der Waals surface area contributed by atoms with Crippen molar-refractivity contribution >= 4 is 0 Å². The Bertz CT molecular complexity index is 515. The van der Waals surface area contributed by atoms with E-state index in [-0.39, 0.29) is 6.61 Å². The van der Waals surface area contributed by atoms with Crippen LogP contribution in [-0.2, 0) is 6.42 Å². The molecule has 100 valence electrons. The van der Waals surface area contributed by atoms with Gasteiger partial charge in [0.25, 0.3) is 0 Å². The molecule has 0 aliphatic rings. The zero-order chi connectivity index (χ0) is 13.7. The summed E-state index contributed by atoms with van der Waals surface area (Å²) in [5, 5.41) is 18.4. The Morgan fingerprint density at radius 1 is 1.00 bits per heavy atom. The number of aliphatic hydroxyl groups is 2. The van der Waals surface area contributed by atoms with E-state index in [1.165, 1.54) is 5.56 Å². The molecule has 1 unspecified atom stereocenters. The Hall–Kier alpha value is -1.64. The van der Waals surface area contributed by atoms with Gasteiger partial charge in [0.1, 0.15) is 0 Å². The van der Waals surface area contributed by atoms with Crippen LogP contribution in [0.1, 0.15) is 30.6 Å². The molecule has 2 N–H and O–H groups in total. The summed E-state index contributed by atoms with van der Waals surface area (Å²) >= 11 is 0. The Morgan fingerprint density at radius 2 is 1.74 bits per heavy atom. The molecular formula is C17H20O2. The lowest BCUT2D eigenvalue weighted by Crippen LogP contribution is -1.92. The highest BCUT2D eigenvalue weighted by Gasteiger charge is 2.03. The van der Waals surface area contributed by atoms with Gasteiger partial charge in [-0.05, 0) is 48.1 Å². The lowest BCUT2D eigenvalue weighted by molar-refractivity contribution is 0.199. The predicted molar refractivity (Wildman–Crippen MR) is 77.9 cm³/mol. The molecule has 19 heavy (non-hydrogen) atoms. The third-order valence-corrected chi connectivity index (χ3v) is 3.28. The molecule has 2 aromatic carbocycles. The number of aryl methyl sites for hydroxylation is 1. The molecule has 0 amide bonds. The van der Waals surface area contributed by atoms with E-state index in [4.69, 9.17) is 5.11 Å². The van der Waals surface area contributed by atoms with Crippen molar-refractivity contribution in [2.45, 2.75) is 25.9 Å². The lowest BCUT2D eigenvalue weighted by atomic mass is 9.99. The van der Waals surface area contributed by atoms with Gasteiger partial charge in [-0.1, -0.05) is 42.5 Å². The molecule has 0 saturated carbocycles. The van der Waals surface area contributed by atoms with Crippen molar-refractivity contribution < 1.29 is 10.2 Å². The summed E-state index contributed by atoms with van der Waals surface area (Å²) in [6, 6.07) is 16.4. The van der Waals surface area contributed by atoms with Gasteiger partial charge in [0.15, 0.2) is 0 Å². The molecule has 0 bridgehead atoms. The zero-order valence-electron chi connectivity index (χ0n) is 11.2. The van der Waals surface area contributed by atoms with Crippen molar-refractivity contribution in [3.8, 4) is 11.1 Å². The molecule has 0 aliphatic carbocycles. The maximum absolute atomic E-state index is 9.61. The molecule has 0 radical (unpaired) electrons. The highest BCUT2D eigenvalue weighted by Crippen LogP contribution is 2.23. The van der Waals surface area contributed by atoms with Crippen LogP contribution in [0.4, 0.5) is 0 Å². The average Bonchev–Trinajstić information content (AvgIpc) is 2.46. The number of aliphatic hydroxyl groups excluding tert-OH is 2. The highest BCUT2D eigenvalue weighted by molar-refractivity contribution is 5.64. The first-order chi connectivity index (χ1) is 9.20. The van der Waals surface area contributed by atoms with Crippen molar-refractivity contribution in [3.63, 3.8) is 0 Å². The van der Waals surface area contributed by atoms with Crippen LogP contribution in [0, 0.1) is 0 Å². The van der Waals surface area contributed by atoms with Crippen LogP contribution in [0.3, 0.4) is 0 Å². The van der Waals surface area contributed by atoms with E-state index in [0.717, 1.165) is 29.5 Å². The van der Waals surface area contributed by atoms with Crippen LogP contribution in [-0.4, -0.2) is 16.8 Å². The van der Waals surface area contributed by atoms with Crippen LogP contribution in [0.15, 0.2) is 48.5 Å². The molecule has 0 saturated heterocycles. The molecule has 1 atom stereocenters. The summed E-state index contributed by atoms with van der Waals surface area (Å²) in [7, 11) is 0. The van der Waals surface area contributed by atoms with Crippen LogP contribution >= 0.6 is 0 Å². The molecule has 0 aromatic heterocycles. The van der Waals surface area contributed by atoms with Gasteiger partial charge in [0.05, 0.1) is 6.10 Å². The van der Waals surface area contributed by atoms with Gasteiger partial charge in [-0.3, -0.25) is 0 Å². The van der Waals surface area contributed by atoms with E-state index in [9.17, 15) is 5.11 Å². The van der Waals surface area contributed by atoms with Crippen molar-refractivity contribution in [3.05, 3.63) is 59.7 Å². The Labute approximate surface area is 114 Å². The number of rotatable bonds is 5. The molecule has 2 rings (SSSR count). The number of benzene rings is 2. The third kappa shape index (κ3) is 3.66. The van der Waals surface area contributed by atoms with E-state index in [2.05, 4.69) is 30.3 Å². The van der Waals surface area contributed by atoms with Gasteiger partial charge in [-0.2, -0.15) is 0 Å². The van der Waals surface area contributed by atoms with Gasteiger partial charge in [0.2, 0.25) is 0 Å². The normalized spacial score (nSPS) is 12.4. The fraction of sp³-hybridized carbons (Fsp3) is 0.294. The van der Waals surface area contributed by atoms with E-state index >= 15 is 0 Å². The van der Waals surface area contributed by atoms with Gasteiger partial charge < -0.3 is 10.2 Å². The minimum atomic E-state index is -0.441. The first-order valence-corrected chi connectivity index (χ1v) is 6.69. The minimum absolute atomic E-state index is 0.234. The summed E-state index contributed by atoms with van der Waals surface area (Å²) in [5.74, 6) is 0. The second kappa shape index (κ2) is 6.50. The largest absolute Gasteiger partial charge is 0.396 e. The monoisotopic (exact) mass is 256 g/mol. The molecular weight excluding hydrogens is 236 g/mol. The van der Waals surface area contributed by atoms with Crippen molar-refractivity contribution in [2.75, 3.05) is 6.61 Å². The maximum Gasteiger partial charge on any atom is 0.0762 e. The third-order valence-electron chi connectivity index (χ3n) is 3.28. The van der Waals surface area contributed by atoms with Gasteiger partial charge in [-0.25, -0.2) is 0 Å². The fourth-order valence-electron chi connectivity index (χ4n) is 2.13. The lowest BCUT2D eigenvalue weighted by Gasteiger charge is -2.08. The SMILES string of the molecule is CC(O)c1cccc(-c2ccc(CCCO)cc2)c1. The molecule has 0 aliphatic heterocycles. The van der Waals surface area contributed by atoms with Crippen LogP contribution in [0.25, 0.3) is 11.1 Å². The summed E-state index contributed by atoms with van der Waals surface area (Å²) in [6.07, 6.45) is 1.27. The zero-order valence-corrected chi connectivity index (χ0v) is 11.2. The standard InChI is InChI=1S/C17H20O2/c1-13(19)16-5-2-6-17(12-16)15-9-7-14(8-10-15)4-3-11-18/h2,5-10,12-13,18-19H,3-4,11H2,1H3. The van der Waals surface area contributed by atoms with E-state index in [1.807, 2.05) is 18.2 Å². The Balaban J connectivity index is 2.19. The average molecular weight is 256 g/mol. The van der Waals surface area contributed by atoms with Gasteiger partial charge in [0, 0.05) is 6.61 Å². The summed E-state index contributed by atoms with van der Waals surface area (Å²) in [6.45, 7) is 2.01. The van der Waals surface area contributed by atoms with Crippen molar-refractivity contribution in [1.29, 1.82) is 0 Å². The Morgan fingerprint density at radius 3 is 2.37 bits per heavy atom. The number of hydrogen-bond acceptors (Lipinski definition) is 2. The van der Waals surface area contributed by atoms with Crippen molar-refractivity contribution in [2.24, 2.45) is 0 Å². The van der Waals surface area contributed by atoms with Crippen molar-refractivity contribution in [1.82, 2.24) is 0 Å². The molecule has 0 spiro atoms. The molecule has 0 fully saturated rings. The number of hydrogen-bond donors (Lipinski definition) is 2. The quantitative estimate of drug-likeness (QED) is 0.861. The topological polar surface area (TPSA) is 40.5 Å². The van der Waals surface area contributed by atoms with Gasteiger partial charge >= 0.3 is 0 Å². The summed E-state index contributed by atoms with van der Waals surface area (Å²) < 4.78 is 0. The second-order valence-electron chi connectivity index (χ2n) is 4.83. The maximum atomic E-state index is 9.61. The molecule has 0 heterocycles. The van der Waals surface area contributed by atoms with E-state index in [1.54, 1.807) is 6.92 Å². The van der Waals surface area contributed by atoms with Crippen LogP contribution in [0.2, 0.25) is 0 Å². The van der Waals surface area contributed by atoms with E-state index < -0.39 is 6.10 Å². The van der Waals surface area contributed by atoms with Crippen LogP contribution in [0.5, 0.6) is 0 Å². The smallest absolute Gasteiger partial charge is 0.0762 e. The molecule has 2 nitrogen and oxygen atoms in total. The first-order valence-electron chi connectivity index (χ1n) is 6.69. The van der Waals surface area contributed by atoms with Gasteiger partial charge in [-0.15, -0.1) is 0 Å².